The van der Waals surface area contributed by atoms with Crippen LogP contribution < -0.4 is 11.1 Å². The second-order valence-electron chi connectivity index (χ2n) is 3.83. The van der Waals surface area contributed by atoms with Gasteiger partial charge in [0.1, 0.15) is 5.69 Å². The Morgan fingerprint density at radius 1 is 1.61 bits per heavy atom. The number of aryl methyl sites for hydroxylation is 1. The average molecular weight is 265 g/mol. The van der Waals surface area contributed by atoms with Gasteiger partial charge in [-0.05, 0) is 12.6 Å². The van der Waals surface area contributed by atoms with E-state index in [1.165, 1.54) is 11.3 Å². The van der Waals surface area contributed by atoms with Crippen molar-refractivity contribution in [2.45, 2.75) is 13.0 Å². The van der Waals surface area contributed by atoms with Crippen LogP contribution in [0.3, 0.4) is 0 Å². The Labute approximate surface area is 109 Å². The van der Waals surface area contributed by atoms with Crippen molar-refractivity contribution in [2.75, 3.05) is 6.54 Å². The lowest BCUT2D eigenvalue weighted by atomic mass is 10.4. The molecule has 0 atom stereocenters. The number of carbonyl (C=O) groups is 1. The number of nitrogens with two attached hydrogens (primary N) is 1. The molecule has 0 radical (unpaired) electrons. The first kappa shape index (κ1) is 12.7. The second kappa shape index (κ2) is 5.74. The highest BCUT2D eigenvalue weighted by atomic mass is 32.1. The minimum Gasteiger partial charge on any atom is -0.345 e. The minimum absolute atomic E-state index is 0.180. The maximum atomic E-state index is 11.8. The van der Waals surface area contributed by atoms with Crippen LogP contribution >= 0.6 is 11.3 Å². The summed E-state index contributed by atoms with van der Waals surface area (Å²) < 4.78 is 1.70. The van der Waals surface area contributed by atoms with Gasteiger partial charge in [0.15, 0.2) is 0 Å². The number of nitrogens with zero attached hydrogens (tertiary/aromatic N) is 3. The molecule has 0 bridgehead atoms. The molecule has 3 N–H and O–H groups in total. The van der Waals surface area contributed by atoms with Crippen molar-refractivity contribution in [3.05, 3.63) is 34.0 Å². The van der Waals surface area contributed by atoms with Crippen LogP contribution in [0, 0.1) is 0 Å². The van der Waals surface area contributed by atoms with Gasteiger partial charge >= 0.3 is 0 Å². The van der Waals surface area contributed by atoms with Crippen LogP contribution in [-0.4, -0.2) is 27.2 Å². The van der Waals surface area contributed by atoms with Gasteiger partial charge in [-0.1, -0.05) is 0 Å². The number of nitrogens with one attached hydrogen (secondary N) is 1. The second-order valence-corrected chi connectivity index (χ2v) is 4.77. The largest absolute Gasteiger partial charge is 0.345 e. The van der Waals surface area contributed by atoms with Crippen LogP contribution in [0.4, 0.5) is 0 Å². The Kier molecular flexibility index (Phi) is 4.06. The normalized spacial score (nSPS) is 10.6. The fourth-order valence-electron chi connectivity index (χ4n) is 1.47. The molecule has 2 aromatic heterocycles. The molecule has 0 aliphatic rings. The zero-order chi connectivity index (χ0) is 13.0. The molecule has 0 fully saturated rings. The zero-order valence-corrected chi connectivity index (χ0v) is 10.9. The van der Waals surface area contributed by atoms with Crippen molar-refractivity contribution in [1.82, 2.24) is 20.1 Å². The SMILES string of the molecule is Cn1ccc(CNC(=O)c2csc(CCN)n2)n1. The summed E-state index contributed by atoms with van der Waals surface area (Å²) in [5.41, 5.74) is 6.70. The smallest absolute Gasteiger partial charge is 0.271 e. The van der Waals surface area contributed by atoms with Crippen LogP contribution in [0.2, 0.25) is 0 Å². The van der Waals surface area contributed by atoms with E-state index < -0.39 is 0 Å². The van der Waals surface area contributed by atoms with Crippen molar-refractivity contribution < 1.29 is 4.79 Å². The summed E-state index contributed by atoms with van der Waals surface area (Å²) in [6.45, 7) is 0.950. The lowest BCUT2D eigenvalue weighted by molar-refractivity contribution is 0.0946. The summed E-state index contributed by atoms with van der Waals surface area (Å²) in [5, 5.41) is 9.60. The van der Waals surface area contributed by atoms with Gasteiger partial charge < -0.3 is 11.1 Å². The Morgan fingerprint density at radius 3 is 3.11 bits per heavy atom. The van der Waals surface area contributed by atoms with Gasteiger partial charge in [-0.3, -0.25) is 9.48 Å². The summed E-state index contributed by atoms with van der Waals surface area (Å²) in [5.74, 6) is -0.180. The van der Waals surface area contributed by atoms with Gasteiger partial charge in [0, 0.05) is 25.0 Å². The fraction of sp³-hybridized carbons (Fsp3) is 0.364. The van der Waals surface area contributed by atoms with Gasteiger partial charge in [-0.15, -0.1) is 11.3 Å². The van der Waals surface area contributed by atoms with Crippen LogP contribution in [-0.2, 0) is 20.0 Å². The van der Waals surface area contributed by atoms with E-state index in [0.717, 1.165) is 10.7 Å². The van der Waals surface area contributed by atoms with Crippen molar-refractivity contribution >= 4 is 17.2 Å². The number of hydrogen-bond acceptors (Lipinski definition) is 5. The topological polar surface area (TPSA) is 85.8 Å². The van der Waals surface area contributed by atoms with E-state index in [2.05, 4.69) is 15.4 Å². The van der Waals surface area contributed by atoms with Gasteiger partial charge in [0.2, 0.25) is 0 Å². The molecule has 0 saturated carbocycles. The quantitative estimate of drug-likeness (QED) is 0.814. The van der Waals surface area contributed by atoms with Gasteiger partial charge in [0.25, 0.3) is 5.91 Å². The van der Waals surface area contributed by atoms with E-state index in [1.54, 1.807) is 10.1 Å². The molecule has 0 aromatic carbocycles. The average Bonchev–Trinajstić information content (AvgIpc) is 2.96. The predicted octanol–water partition coefficient (Wildman–Crippen LogP) is 0.308. The number of carbonyl (C=O) groups excluding carboxylic acids is 1. The molecular weight excluding hydrogens is 250 g/mol. The number of aromatic nitrogens is 3. The third-order valence-electron chi connectivity index (χ3n) is 2.34. The minimum atomic E-state index is -0.180. The molecule has 96 valence electrons. The summed E-state index contributed by atoms with van der Waals surface area (Å²) in [6, 6.07) is 1.86. The molecule has 1 amide bonds. The van der Waals surface area contributed by atoms with Crippen molar-refractivity contribution in [1.29, 1.82) is 0 Å². The van der Waals surface area contributed by atoms with E-state index in [0.29, 0.717) is 25.2 Å². The molecule has 0 saturated heterocycles. The lowest BCUT2D eigenvalue weighted by Crippen LogP contribution is -2.23. The van der Waals surface area contributed by atoms with Crippen LogP contribution in [0.1, 0.15) is 21.2 Å². The Hall–Kier alpha value is -1.73. The summed E-state index contributed by atoms with van der Waals surface area (Å²) >= 11 is 1.46. The van der Waals surface area contributed by atoms with Gasteiger partial charge in [-0.2, -0.15) is 5.10 Å². The number of amides is 1. The number of thiazole rings is 1. The molecule has 18 heavy (non-hydrogen) atoms. The molecule has 0 unspecified atom stereocenters. The van der Waals surface area contributed by atoms with Gasteiger partial charge in [0.05, 0.1) is 17.2 Å². The van der Waals surface area contributed by atoms with Gasteiger partial charge in [-0.25, -0.2) is 4.98 Å². The van der Waals surface area contributed by atoms with Crippen molar-refractivity contribution in [3.63, 3.8) is 0 Å². The molecule has 2 heterocycles. The van der Waals surface area contributed by atoms with Crippen LogP contribution in [0.25, 0.3) is 0 Å². The zero-order valence-electron chi connectivity index (χ0n) is 10.1. The van der Waals surface area contributed by atoms with E-state index in [4.69, 9.17) is 5.73 Å². The van der Waals surface area contributed by atoms with Crippen LogP contribution in [0.15, 0.2) is 17.6 Å². The Morgan fingerprint density at radius 2 is 2.44 bits per heavy atom. The molecule has 6 nitrogen and oxygen atoms in total. The maximum Gasteiger partial charge on any atom is 0.271 e. The molecule has 7 heteroatoms. The van der Waals surface area contributed by atoms with E-state index in [9.17, 15) is 4.79 Å². The molecular formula is C11H15N5OS. The van der Waals surface area contributed by atoms with Crippen molar-refractivity contribution in [2.24, 2.45) is 12.8 Å². The number of hydrogen-bond donors (Lipinski definition) is 2. The first-order chi connectivity index (χ1) is 8.69. The molecule has 2 rings (SSSR count). The fourth-order valence-corrected chi connectivity index (χ4v) is 2.27. The lowest BCUT2D eigenvalue weighted by Gasteiger charge is -1.99. The highest BCUT2D eigenvalue weighted by molar-refractivity contribution is 7.09. The standard InChI is InChI=1S/C11H15N5OS/c1-16-5-3-8(15-16)6-13-11(17)9-7-18-10(14-9)2-4-12/h3,5,7H,2,4,6,12H2,1H3,(H,13,17). The van der Waals surface area contributed by atoms with Crippen molar-refractivity contribution in [3.8, 4) is 0 Å². The Bertz CT molecular complexity index is 533. The summed E-state index contributed by atoms with van der Waals surface area (Å²) in [7, 11) is 1.84. The van der Waals surface area contributed by atoms with E-state index in [-0.39, 0.29) is 5.91 Å². The molecule has 0 aliphatic carbocycles. The third-order valence-corrected chi connectivity index (χ3v) is 3.25. The van der Waals surface area contributed by atoms with E-state index in [1.807, 2.05) is 19.3 Å². The van der Waals surface area contributed by atoms with Crippen LogP contribution in [0.5, 0.6) is 0 Å². The Balaban J connectivity index is 1.90. The first-order valence-electron chi connectivity index (χ1n) is 5.60. The monoisotopic (exact) mass is 265 g/mol. The molecule has 0 aliphatic heterocycles. The third kappa shape index (κ3) is 3.14. The number of rotatable bonds is 5. The highest BCUT2D eigenvalue weighted by Gasteiger charge is 2.10. The summed E-state index contributed by atoms with van der Waals surface area (Å²) in [4.78, 5) is 16.0. The first-order valence-corrected chi connectivity index (χ1v) is 6.48. The maximum absolute atomic E-state index is 11.8. The highest BCUT2D eigenvalue weighted by Crippen LogP contribution is 2.10. The van der Waals surface area contributed by atoms with E-state index >= 15 is 0 Å². The molecule has 0 spiro atoms. The molecule has 2 aromatic rings. The summed E-state index contributed by atoms with van der Waals surface area (Å²) in [6.07, 6.45) is 2.54. The predicted molar refractivity (Wildman–Crippen MR) is 69.3 cm³/mol.